The zero-order valence-electron chi connectivity index (χ0n) is 8.76. The van der Waals surface area contributed by atoms with Gasteiger partial charge in [-0.25, -0.2) is 8.78 Å². The molecule has 0 amide bonds. The van der Waals surface area contributed by atoms with Crippen LogP contribution < -0.4 is 4.74 Å². The molecular weight excluding hydrogens is 218 g/mol. The van der Waals surface area contributed by atoms with Gasteiger partial charge in [0, 0.05) is 4.90 Å². The molecule has 0 fully saturated rings. The summed E-state index contributed by atoms with van der Waals surface area (Å²) < 4.78 is 31.5. The molecule has 0 N–H and O–H groups in total. The van der Waals surface area contributed by atoms with E-state index in [1.165, 1.54) is 0 Å². The van der Waals surface area contributed by atoms with Gasteiger partial charge in [0.05, 0.1) is 6.61 Å². The first-order chi connectivity index (χ1) is 7.00. The molecule has 1 aromatic rings. The molecular formula is C11H14F2OS. The minimum absolute atomic E-state index is 0.251. The second kappa shape index (κ2) is 5.35. The Morgan fingerprint density at radius 3 is 2.27 bits per heavy atom. The molecule has 0 spiro atoms. The maximum atomic E-state index is 13.2. The molecule has 1 aromatic carbocycles. The van der Waals surface area contributed by atoms with Gasteiger partial charge in [-0.2, -0.15) is 0 Å². The van der Waals surface area contributed by atoms with Crippen molar-refractivity contribution in [1.82, 2.24) is 0 Å². The molecule has 0 aromatic heterocycles. The Morgan fingerprint density at radius 1 is 1.27 bits per heavy atom. The number of benzene rings is 1. The van der Waals surface area contributed by atoms with Crippen LogP contribution >= 0.6 is 12.6 Å². The lowest BCUT2D eigenvalue weighted by Crippen LogP contribution is -2.04. The maximum absolute atomic E-state index is 13.2. The van der Waals surface area contributed by atoms with Crippen molar-refractivity contribution in [2.24, 2.45) is 5.92 Å². The quantitative estimate of drug-likeness (QED) is 0.779. The van der Waals surface area contributed by atoms with E-state index in [-0.39, 0.29) is 10.6 Å². The lowest BCUT2D eigenvalue weighted by atomic mass is 10.1. The van der Waals surface area contributed by atoms with E-state index < -0.39 is 11.6 Å². The Hall–Kier alpha value is -0.770. The largest absolute Gasteiger partial charge is 0.488 e. The first kappa shape index (κ1) is 12.3. The van der Waals surface area contributed by atoms with Crippen molar-refractivity contribution in [2.45, 2.75) is 25.2 Å². The highest BCUT2D eigenvalue weighted by Gasteiger charge is 2.11. The van der Waals surface area contributed by atoms with E-state index in [9.17, 15) is 8.78 Å². The van der Waals surface area contributed by atoms with Gasteiger partial charge >= 0.3 is 0 Å². The second-order valence-corrected chi connectivity index (χ2v) is 4.29. The minimum Gasteiger partial charge on any atom is -0.488 e. The predicted octanol–water partition coefficient (Wildman–Crippen LogP) is 3.68. The second-order valence-electron chi connectivity index (χ2n) is 3.77. The molecule has 0 aliphatic rings. The van der Waals surface area contributed by atoms with Gasteiger partial charge in [0.1, 0.15) is 0 Å². The molecule has 0 aliphatic heterocycles. The molecule has 0 radical (unpaired) electrons. The number of thiol groups is 1. The SMILES string of the molecule is CC(C)CCOc1c(F)cc(S)cc1F. The lowest BCUT2D eigenvalue weighted by Gasteiger charge is -2.10. The van der Waals surface area contributed by atoms with Gasteiger partial charge in [-0.15, -0.1) is 12.6 Å². The topological polar surface area (TPSA) is 9.23 Å². The standard InChI is InChI=1S/C11H14F2OS/c1-7(2)3-4-14-11-9(12)5-8(15)6-10(11)13/h5-7,15H,3-4H2,1-2H3. The van der Waals surface area contributed by atoms with Crippen molar-refractivity contribution in [2.75, 3.05) is 6.61 Å². The van der Waals surface area contributed by atoms with E-state index in [0.29, 0.717) is 12.5 Å². The van der Waals surface area contributed by atoms with E-state index in [2.05, 4.69) is 12.6 Å². The summed E-state index contributed by atoms with van der Waals surface area (Å²) in [6.07, 6.45) is 0.765. The molecule has 84 valence electrons. The Bertz CT molecular complexity index is 316. The fourth-order valence-electron chi connectivity index (χ4n) is 1.08. The van der Waals surface area contributed by atoms with E-state index in [0.717, 1.165) is 18.6 Å². The Morgan fingerprint density at radius 2 is 1.80 bits per heavy atom. The third kappa shape index (κ3) is 3.70. The number of hydrogen-bond acceptors (Lipinski definition) is 2. The van der Waals surface area contributed by atoms with Crippen LogP contribution in [0.2, 0.25) is 0 Å². The Kier molecular flexibility index (Phi) is 4.39. The van der Waals surface area contributed by atoms with Crippen LogP contribution in [0.25, 0.3) is 0 Å². The van der Waals surface area contributed by atoms with Crippen LogP contribution in [0.4, 0.5) is 8.78 Å². The van der Waals surface area contributed by atoms with Crippen LogP contribution in [-0.2, 0) is 0 Å². The molecule has 1 nitrogen and oxygen atoms in total. The maximum Gasteiger partial charge on any atom is 0.190 e. The van der Waals surface area contributed by atoms with E-state index in [4.69, 9.17) is 4.74 Å². The summed E-state index contributed by atoms with van der Waals surface area (Å²) in [6.45, 7) is 4.36. The Balaban J connectivity index is 2.68. The average molecular weight is 232 g/mol. The first-order valence-corrected chi connectivity index (χ1v) is 5.26. The van der Waals surface area contributed by atoms with Crippen molar-refractivity contribution in [1.29, 1.82) is 0 Å². The summed E-state index contributed by atoms with van der Waals surface area (Å²) in [7, 11) is 0. The highest BCUT2D eigenvalue weighted by atomic mass is 32.1. The summed E-state index contributed by atoms with van der Waals surface area (Å²) in [5.41, 5.74) is 0. The number of hydrogen-bond donors (Lipinski definition) is 1. The van der Waals surface area contributed by atoms with Crippen LogP contribution in [0.3, 0.4) is 0 Å². The number of halogens is 2. The molecule has 0 bridgehead atoms. The molecule has 0 unspecified atom stereocenters. The number of rotatable bonds is 4. The molecule has 0 saturated heterocycles. The third-order valence-corrected chi connectivity index (χ3v) is 2.18. The lowest BCUT2D eigenvalue weighted by molar-refractivity contribution is 0.263. The normalized spacial score (nSPS) is 10.8. The van der Waals surface area contributed by atoms with Gasteiger partial charge in [0.2, 0.25) is 0 Å². The summed E-state index contributed by atoms with van der Waals surface area (Å²) in [6, 6.07) is 2.27. The van der Waals surface area contributed by atoms with Crippen molar-refractivity contribution >= 4 is 12.6 Å². The minimum atomic E-state index is -0.705. The van der Waals surface area contributed by atoms with E-state index in [1.807, 2.05) is 13.8 Å². The third-order valence-electron chi connectivity index (χ3n) is 1.92. The zero-order chi connectivity index (χ0) is 11.4. The van der Waals surface area contributed by atoms with Gasteiger partial charge in [0.15, 0.2) is 17.4 Å². The van der Waals surface area contributed by atoms with Gasteiger partial charge in [0.25, 0.3) is 0 Å². The summed E-state index contributed by atoms with van der Waals surface area (Å²) >= 11 is 3.86. The van der Waals surface area contributed by atoms with Crippen LogP contribution in [0, 0.1) is 17.6 Å². The monoisotopic (exact) mass is 232 g/mol. The van der Waals surface area contributed by atoms with Gasteiger partial charge in [-0.05, 0) is 24.5 Å². The van der Waals surface area contributed by atoms with Crippen LogP contribution in [0.5, 0.6) is 5.75 Å². The molecule has 15 heavy (non-hydrogen) atoms. The Labute approximate surface area is 93.9 Å². The average Bonchev–Trinajstić information content (AvgIpc) is 2.08. The molecule has 1 rings (SSSR count). The van der Waals surface area contributed by atoms with Crippen molar-refractivity contribution in [3.05, 3.63) is 23.8 Å². The van der Waals surface area contributed by atoms with Crippen LogP contribution in [-0.4, -0.2) is 6.61 Å². The van der Waals surface area contributed by atoms with E-state index in [1.54, 1.807) is 0 Å². The summed E-state index contributed by atoms with van der Waals surface area (Å²) in [5.74, 6) is -1.28. The van der Waals surface area contributed by atoms with Crippen LogP contribution in [0.15, 0.2) is 17.0 Å². The fraction of sp³-hybridized carbons (Fsp3) is 0.455. The summed E-state index contributed by atoms with van der Waals surface area (Å²) in [4.78, 5) is 0.251. The van der Waals surface area contributed by atoms with Crippen molar-refractivity contribution in [3.63, 3.8) is 0 Å². The molecule has 0 aliphatic carbocycles. The smallest absolute Gasteiger partial charge is 0.190 e. The number of ether oxygens (including phenoxy) is 1. The van der Waals surface area contributed by atoms with E-state index >= 15 is 0 Å². The van der Waals surface area contributed by atoms with Gasteiger partial charge < -0.3 is 4.74 Å². The fourth-order valence-corrected chi connectivity index (χ4v) is 1.31. The summed E-state index contributed by atoms with van der Waals surface area (Å²) in [5, 5.41) is 0. The molecule has 0 heterocycles. The highest BCUT2D eigenvalue weighted by molar-refractivity contribution is 7.80. The van der Waals surface area contributed by atoms with Crippen LogP contribution in [0.1, 0.15) is 20.3 Å². The van der Waals surface area contributed by atoms with Crippen molar-refractivity contribution < 1.29 is 13.5 Å². The highest BCUT2D eigenvalue weighted by Crippen LogP contribution is 2.25. The predicted molar refractivity (Wildman–Crippen MR) is 58.6 cm³/mol. The molecule has 0 atom stereocenters. The first-order valence-electron chi connectivity index (χ1n) is 4.81. The molecule has 0 saturated carbocycles. The van der Waals surface area contributed by atoms with Gasteiger partial charge in [-0.3, -0.25) is 0 Å². The van der Waals surface area contributed by atoms with Gasteiger partial charge in [-0.1, -0.05) is 13.8 Å². The molecule has 4 heteroatoms. The van der Waals surface area contributed by atoms with Crippen molar-refractivity contribution in [3.8, 4) is 5.75 Å². The zero-order valence-corrected chi connectivity index (χ0v) is 9.65.